The minimum absolute atomic E-state index is 0.179. The van der Waals surface area contributed by atoms with Crippen LogP contribution in [0.15, 0.2) is 30.7 Å². The number of rotatable bonds is 5. The first-order valence-electron chi connectivity index (χ1n) is 7.72. The Kier molecular flexibility index (Phi) is 4.66. The van der Waals surface area contributed by atoms with Crippen LogP contribution in [-0.2, 0) is 17.4 Å². The van der Waals surface area contributed by atoms with Crippen molar-refractivity contribution in [2.75, 3.05) is 6.54 Å². The van der Waals surface area contributed by atoms with E-state index in [0.717, 1.165) is 18.3 Å². The van der Waals surface area contributed by atoms with Gasteiger partial charge in [-0.25, -0.2) is 14.8 Å². The standard InChI is InChI=1S/C15H13F3N6O4/c1-24-5-4-19-11(24)14(12(26)22-13(27)23-14)7-21-10(25)9-3-2-8(6-20-9)28-15(16,17)18/h2-6H,7H2,1H3,(H,21,25)(H2,22,23,26,27). The highest BCUT2D eigenvalue weighted by atomic mass is 19.4. The van der Waals surface area contributed by atoms with E-state index in [2.05, 4.69) is 30.7 Å². The van der Waals surface area contributed by atoms with Gasteiger partial charge in [0, 0.05) is 19.4 Å². The Morgan fingerprint density at radius 2 is 2.07 bits per heavy atom. The largest absolute Gasteiger partial charge is 0.573 e. The Labute approximate surface area is 155 Å². The van der Waals surface area contributed by atoms with Gasteiger partial charge in [0.25, 0.3) is 11.8 Å². The normalized spacial score (nSPS) is 19.1. The molecule has 1 aliphatic rings. The summed E-state index contributed by atoms with van der Waals surface area (Å²) in [5.41, 5.74) is -1.86. The van der Waals surface area contributed by atoms with Gasteiger partial charge in [0.05, 0.1) is 12.7 Å². The number of pyridine rings is 1. The molecule has 148 valence electrons. The average Bonchev–Trinajstić information content (AvgIpc) is 3.15. The summed E-state index contributed by atoms with van der Waals surface area (Å²) in [6.45, 7) is -0.364. The molecule has 3 rings (SSSR count). The summed E-state index contributed by atoms with van der Waals surface area (Å²) in [4.78, 5) is 43.9. The van der Waals surface area contributed by atoms with Crippen LogP contribution >= 0.6 is 0 Å². The minimum atomic E-state index is -4.88. The molecule has 3 heterocycles. The Bertz CT molecular complexity index is 927. The molecule has 1 unspecified atom stereocenters. The Morgan fingerprint density at radius 3 is 2.57 bits per heavy atom. The fourth-order valence-electron chi connectivity index (χ4n) is 2.64. The SMILES string of the molecule is Cn1ccnc1C1(CNC(=O)c2ccc(OC(F)(F)F)cn2)NC(=O)NC1=O. The molecule has 0 aromatic carbocycles. The highest BCUT2D eigenvalue weighted by Crippen LogP contribution is 2.23. The summed E-state index contributed by atoms with van der Waals surface area (Å²) in [6, 6.07) is 1.19. The quantitative estimate of drug-likeness (QED) is 0.617. The number of carbonyl (C=O) groups excluding carboxylic acids is 3. The highest BCUT2D eigenvalue weighted by molar-refractivity contribution is 6.07. The number of amides is 4. The molecule has 4 amide bonds. The monoisotopic (exact) mass is 398 g/mol. The number of alkyl halides is 3. The molecule has 1 aliphatic heterocycles. The third-order valence-corrected chi connectivity index (χ3v) is 3.86. The maximum Gasteiger partial charge on any atom is 0.573 e. The minimum Gasteiger partial charge on any atom is -0.404 e. The van der Waals surface area contributed by atoms with Crippen molar-refractivity contribution < 1.29 is 32.3 Å². The Balaban J connectivity index is 1.75. The average molecular weight is 398 g/mol. The summed E-state index contributed by atoms with van der Waals surface area (Å²) in [5, 5.41) is 6.95. The van der Waals surface area contributed by atoms with Crippen LogP contribution in [0.3, 0.4) is 0 Å². The lowest BCUT2D eigenvalue weighted by molar-refractivity contribution is -0.274. The second-order valence-corrected chi connectivity index (χ2v) is 5.78. The van der Waals surface area contributed by atoms with Crippen molar-refractivity contribution >= 4 is 17.8 Å². The maximum absolute atomic E-state index is 12.3. The molecular formula is C15H13F3N6O4. The van der Waals surface area contributed by atoms with Crippen molar-refractivity contribution in [1.29, 1.82) is 0 Å². The maximum atomic E-state index is 12.3. The first-order chi connectivity index (χ1) is 13.1. The van der Waals surface area contributed by atoms with Crippen LogP contribution in [0.1, 0.15) is 16.3 Å². The van der Waals surface area contributed by atoms with Crippen LogP contribution in [0.5, 0.6) is 5.75 Å². The van der Waals surface area contributed by atoms with Crippen LogP contribution in [0, 0.1) is 0 Å². The number of nitrogens with one attached hydrogen (secondary N) is 3. The van der Waals surface area contributed by atoms with E-state index in [4.69, 9.17) is 0 Å². The molecule has 2 aromatic rings. The van der Waals surface area contributed by atoms with E-state index in [-0.39, 0.29) is 18.1 Å². The van der Waals surface area contributed by atoms with Crippen molar-refractivity contribution in [1.82, 2.24) is 30.5 Å². The van der Waals surface area contributed by atoms with Crippen LogP contribution in [0.2, 0.25) is 0 Å². The first-order valence-corrected chi connectivity index (χ1v) is 7.72. The molecular weight excluding hydrogens is 385 g/mol. The van der Waals surface area contributed by atoms with Crippen molar-refractivity contribution in [3.8, 4) is 5.75 Å². The van der Waals surface area contributed by atoms with E-state index in [1.807, 2.05) is 0 Å². The molecule has 1 fully saturated rings. The lowest BCUT2D eigenvalue weighted by Crippen LogP contribution is -2.54. The lowest BCUT2D eigenvalue weighted by Gasteiger charge is -2.25. The molecule has 13 heteroatoms. The van der Waals surface area contributed by atoms with E-state index in [1.54, 1.807) is 13.2 Å². The van der Waals surface area contributed by atoms with Crippen LogP contribution in [0.25, 0.3) is 0 Å². The number of hydrogen-bond donors (Lipinski definition) is 3. The number of urea groups is 1. The van der Waals surface area contributed by atoms with Crippen molar-refractivity contribution in [3.05, 3.63) is 42.2 Å². The smallest absolute Gasteiger partial charge is 0.404 e. The molecule has 0 bridgehead atoms. The molecule has 3 N–H and O–H groups in total. The van der Waals surface area contributed by atoms with Crippen LogP contribution in [-0.4, -0.2) is 45.3 Å². The number of halogens is 3. The Morgan fingerprint density at radius 1 is 1.32 bits per heavy atom. The van der Waals surface area contributed by atoms with Gasteiger partial charge in [-0.2, -0.15) is 0 Å². The highest BCUT2D eigenvalue weighted by Gasteiger charge is 2.50. The van der Waals surface area contributed by atoms with Gasteiger partial charge in [0.15, 0.2) is 5.54 Å². The third kappa shape index (κ3) is 3.72. The third-order valence-electron chi connectivity index (χ3n) is 3.86. The second-order valence-electron chi connectivity index (χ2n) is 5.78. The van der Waals surface area contributed by atoms with Gasteiger partial charge < -0.3 is 19.9 Å². The van der Waals surface area contributed by atoms with E-state index in [0.29, 0.717) is 0 Å². The molecule has 0 radical (unpaired) electrons. The predicted molar refractivity (Wildman–Crippen MR) is 84.8 cm³/mol. The van der Waals surface area contributed by atoms with Gasteiger partial charge in [-0.3, -0.25) is 14.9 Å². The molecule has 28 heavy (non-hydrogen) atoms. The fourth-order valence-corrected chi connectivity index (χ4v) is 2.64. The number of nitrogens with zero attached hydrogens (tertiary/aromatic N) is 3. The summed E-state index contributed by atoms with van der Waals surface area (Å²) in [5.74, 6) is -1.90. The van der Waals surface area contributed by atoms with E-state index in [9.17, 15) is 27.6 Å². The zero-order chi connectivity index (χ0) is 20.5. The van der Waals surface area contributed by atoms with Gasteiger partial charge in [-0.05, 0) is 12.1 Å². The zero-order valence-corrected chi connectivity index (χ0v) is 14.2. The predicted octanol–water partition coefficient (Wildman–Crippen LogP) is 0.178. The van der Waals surface area contributed by atoms with Gasteiger partial charge in [-0.15, -0.1) is 13.2 Å². The first kappa shape index (κ1) is 19.1. The number of imide groups is 1. The molecule has 1 saturated heterocycles. The summed E-state index contributed by atoms with van der Waals surface area (Å²) in [6.07, 6.45) is -1.18. The molecule has 0 saturated carbocycles. The molecule has 0 aliphatic carbocycles. The van der Waals surface area contributed by atoms with Crippen molar-refractivity contribution in [2.45, 2.75) is 11.9 Å². The van der Waals surface area contributed by atoms with Crippen LogP contribution < -0.4 is 20.7 Å². The molecule has 2 aromatic heterocycles. The lowest BCUT2D eigenvalue weighted by atomic mass is 9.98. The van der Waals surface area contributed by atoms with Crippen LogP contribution in [0.4, 0.5) is 18.0 Å². The number of imidazole rings is 1. The van der Waals surface area contributed by atoms with Crippen molar-refractivity contribution in [3.63, 3.8) is 0 Å². The molecule has 1 atom stereocenters. The number of carbonyl (C=O) groups is 3. The second kappa shape index (κ2) is 6.83. The van der Waals surface area contributed by atoms with Gasteiger partial charge in [0.2, 0.25) is 0 Å². The van der Waals surface area contributed by atoms with Gasteiger partial charge >= 0.3 is 12.4 Å². The van der Waals surface area contributed by atoms with E-state index in [1.165, 1.54) is 10.8 Å². The van der Waals surface area contributed by atoms with E-state index < -0.39 is 35.5 Å². The number of aromatic nitrogens is 3. The Hall–Kier alpha value is -3.64. The summed E-state index contributed by atoms with van der Waals surface area (Å²) in [7, 11) is 1.60. The fraction of sp³-hybridized carbons (Fsp3) is 0.267. The summed E-state index contributed by atoms with van der Waals surface area (Å²) < 4.78 is 41.7. The number of hydrogen-bond acceptors (Lipinski definition) is 6. The molecule has 0 spiro atoms. The zero-order valence-electron chi connectivity index (χ0n) is 14.2. The van der Waals surface area contributed by atoms with Gasteiger partial charge in [0.1, 0.15) is 17.3 Å². The van der Waals surface area contributed by atoms with E-state index >= 15 is 0 Å². The number of aryl methyl sites for hydroxylation is 1. The van der Waals surface area contributed by atoms with Gasteiger partial charge in [-0.1, -0.05) is 0 Å². The molecule has 10 nitrogen and oxygen atoms in total. The number of ether oxygens (including phenoxy) is 1. The van der Waals surface area contributed by atoms with Crippen molar-refractivity contribution in [2.24, 2.45) is 7.05 Å². The summed E-state index contributed by atoms with van der Waals surface area (Å²) >= 11 is 0. The topological polar surface area (TPSA) is 127 Å².